The van der Waals surface area contributed by atoms with Gasteiger partial charge in [0.25, 0.3) is 0 Å². The van der Waals surface area contributed by atoms with E-state index >= 15 is 0 Å². The molecule has 1 rings (SSSR count). The van der Waals surface area contributed by atoms with Gasteiger partial charge in [0.05, 0.1) is 0 Å². The van der Waals surface area contributed by atoms with E-state index in [9.17, 15) is 0 Å². The van der Waals surface area contributed by atoms with Gasteiger partial charge < -0.3 is 10.3 Å². The Morgan fingerprint density at radius 1 is 1.54 bits per heavy atom. The van der Waals surface area contributed by atoms with Crippen molar-refractivity contribution in [3.63, 3.8) is 0 Å². The van der Waals surface area contributed by atoms with Crippen molar-refractivity contribution in [1.29, 1.82) is 0 Å². The smallest absolute Gasteiger partial charge is 0.105 e. The standard InChI is InChI=1S/C8H15N3.2ClH/c1-7(9)3-5-11-6-4-10-8(11)2;;/h4,6-7H,3,5,9H2,1-2H3;2*1H. The minimum Gasteiger partial charge on any atom is -0.335 e. The molecule has 1 heterocycles. The summed E-state index contributed by atoms with van der Waals surface area (Å²) in [5.41, 5.74) is 5.63. The van der Waals surface area contributed by atoms with E-state index in [1.54, 1.807) is 0 Å². The minimum absolute atomic E-state index is 0. The fraction of sp³-hybridized carbons (Fsp3) is 0.625. The first-order valence-electron chi connectivity index (χ1n) is 3.93. The molecule has 5 heteroatoms. The van der Waals surface area contributed by atoms with Crippen LogP contribution in [0.5, 0.6) is 0 Å². The third kappa shape index (κ3) is 5.13. The van der Waals surface area contributed by atoms with Gasteiger partial charge in [0, 0.05) is 25.0 Å². The minimum atomic E-state index is 0. The van der Waals surface area contributed by atoms with Crippen LogP contribution in [-0.2, 0) is 6.54 Å². The summed E-state index contributed by atoms with van der Waals surface area (Å²) in [5, 5.41) is 0. The number of hydrogen-bond donors (Lipinski definition) is 1. The van der Waals surface area contributed by atoms with Crippen LogP contribution in [0.15, 0.2) is 12.4 Å². The molecule has 3 nitrogen and oxygen atoms in total. The van der Waals surface area contributed by atoms with Crippen molar-refractivity contribution >= 4 is 24.8 Å². The first-order chi connectivity index (χ1) is 5.20. The zero-order valence-corrected chi connectivity index (χ0v) is 9.57. The number of rotatable bonds is 3. The van der Waals surface area contributed by atoms with Crippen LogP contribution in [-0.4, -0.2) is 15.6 Å². The summed E-state index contributed by atoms with van der Waals surface area (Å²) in [7, 11) is 0. The molecule has 0 saturated heterocycles. The lowest BCUT2D eigenvalue weighted by Crippen LogP contribution is -2.17. The van der Waals surface area contributed by atoms with Crippen LogP contribution >= 0.6 is 24.8 Å². The zero-order valence-electron chi connectivity index (χ0n) is 7.93. The Labute approximate surface area is 91.5 Å². The highest BCUT2D eigenvalue weighted by Gasteiger charge is 1.97. The summed E-state index contributed by atoms with van der Waals surface area (Å²) in [5.74, 6) is 1.06. The molecule has 78 valence electrons. The number of halogens is 2. The Kier molecular flexibility index (Phi) is 8.42. The maximum Gasteiger partial charge on any atom is 0.105 e. The van der Waals surface area contributed by atoms with Crippen LogP contribution in [0, 0.1) is 6.92 Å². The van der Waals surface area contributed by atoms with E-state index in [1.807, 2.05) is 26.2 Å². The molecule has 1 unspecified atom stereocenters. The number of nitrogens with two attached hydrogens (primary N) is 1. The van der Waals surface area contributed by atoms with Crippen molar-refractivity contribution in [3.8, 4) is 0 Å². The van der Waals surface area contributed by atoms with Crippen molar-refractivity contribution in [3.05, 3.63) is 18.2 Å². The topological polar surface area (TPSA) is 43.8 Å². The van der Waals surface area contributed by atoms with Crippen molar-refractivity contribution in [1.82, 2.24) is 9.55 Å². The van der Waals surface area contributed by atoms with Crippen LogP contribution < -0.4 is 5.73 Å². The second-order valence-electron chi connectivity index (χ2n) is 2.93. The summed E-state index contributed by atoms with van der Waals surface area (Å²) in [4.78, 5) is 4.12. The largest absolute Gasteiger partial charge is 0.335 e. The van der Waals surface area contributed by atoms with E-state index in [4.69, 9.17) is 5.73 Å². The van der Waals surface area contributed by atoms with Crippen molar-refractivity contribution < 1.29 is 0 Å². The van der Waals surface area contributed by atoms with Crippen LogP contribution in [0.25, 0.3) is 0 Å². The molecule has 0 bridgehead atoms. The number of aryl methyl sites for hydroxylation is 2. The molecular formula is C8H17Cl2N3. The zero-order chi connectivity index (χ0) is 8.27. The maximum atomic E-state index is 5.63. The van der Waals surface area contributed by atoms with Gasteiger partial charge in [-0.3, -0.25) is 0 Å². The highest BCUT2D eigenvalue weighted by molar-refractivity contribution is 5.85. The fourth-order valence-electron chi connectivity index (χ4n) is 0.983. The summed E-state index contributed by atoms with van der Waals surface area (Å²) in [6.45, 7) is 5.00. The van der Waals surface area contributed by atoms with E-state index in [-0.39, 0.29) is 30.9 Å². The van der Waals surface area contributed by atoms with Gasteiger partial charge in [-0.25, -0.2) is 4.98 Å². The highest BCUT2D eigenvalue weighted by Crippen LogP contribution is 1.98. The normalized spacial score (nSPS) is 11.3. The van der Waals surface area contributed by atoms with E-state index < -0.39 is 0 Å². The molecule has 0 spiro atoms. The molecule has 0 aromatic carbocycles. The van der Waals surface area contributed by atoms with Gasteiger partial charge in [-0.2, -0.15) is 0 Å². The van der Waals surface area contributed by atoms with Gasteiger partial charge in [-0.05, 0) is 20.3 Å². The lowest BCUT2D eigenvalue weighted by molar-refractivity contribution is 0.561. The summed E-state index contributed by atoms with van der Waals surface area (Å²) >= 11 is 0. The van der Waals surface area contributed by atoms with Crippen LogP contribution in [0.2, 0.25) is 0 Å². The number of hydrogen-bond acceptors (Lipinski definition) is 2. The predicted molar refractivity (Wildman–Crippen MR) is 59.7 cm³/mol. The lowest BCUT2D eigenvalue weighted by atomic mass is 10.2. The van der Waals surface area contributed by atoms with E-state index in [1.165, 1.54) is 0 Å². The molecule has 0 aliphatic rings. The van der Waals surface area contributed by atoms with Crippen LogP contribution in [0.4, 0.5) is 0 Å². The van der Waals surface area contributed by atoms with Crippen LogP contribution in [0.3, 0.4) is 0 Å². The molecular weight excluding hydrogens is 209 g/mol. The Hall–Kier alpha value is -0.250. The number of aromatic nitrogens is 2. The van der Waals surface area contributed by atoms with Gasteiger partial charge in [0.15, 0.2) is 0 Å². The number of nitrogens with zero attached hydrogens (tertiary/aromatic N) is 2. The molecule has 0 radical (unpaired) electrons. The molecule has 0 aliphatic heterocycles. The Balaban J connectivity index is 0. The van der Waals surface area contributed by atoms with Crippen molar-refractivity contribution in [2.45, 2.75) is 32.9 Å². The Morgan fingerprint density at radius 2 is 2.15 bits per heavy atom. The monoisotopic (exact) mass is 225 g/mol. The van der Waals surface area contributed by atoms with E-state index in [0.29, 0.717) is 0 Å². The molecule has 2 N–H and O–H groups in total. The average Bonchev–Trinajstić information content (AvgIpc) is 2.31. The van der Waals surface area contributed by atoms with Gasteiger partial charge >= 0.3 is 0 Å². The highest BCUT2D eigenvalue weighted by atomic mass is 35.5. The average molecular weight is 226 g/mol. The lowest BCUT2D eigenvalue weighted by Gasteiger charge is -2.06. The van der Waals surface area contributed by atoms with Gasteiger partial charge in [-0.1, -0.05) is 0 Å². The summed E-state index contributed by atoms with van der Waals surface area (Å²) in [6.07, 6.45) is 4.81. The third-order valence-electron chi connectivity index (χ3n) is 1.75. The second-order valence-corrected chi connectivity index (χ2v) is 2.93. The first-order valence-corrected chi connectivity index (χ1v) is 3.93. The van der Waals surface area contributed by atoms with Gasteiger partial charge in [0.1, 0.15) is 5.82 Å². The van der Waals surface area contributed by atoms with E-state index in [0.717, 1.165) is 18.8 Å². The SMILES string of the molecule is Cc1nccn1CCC(C)N.Cl.Cl. The molecule has 0 amide bonds. The predicted octanol–water partition coefficient (Wildman–Crippen LogP) is 1.77. The fourth-order valence-corrected chi connectivity index (χ4v) is 0.983. The van der Waals surface area contributed by atoms with Crippen molar-refractivity contribution in [2.75, 3.05) is 0 Å². The van der Waals surface area contributed by atoms with Gasteiger partial charge in [0.2, 0.25) is 0 Å². The summed E-state index contributed by atoms with van der Waals surface area (Å²) in [6, 6.07) is 0.275. The molecule has 0 fully saturated rings. The quantitative estimate of drug-likeness (QED) is 0.853. The second kappa shape index (κ2) is 7.18. The Morgan fingerprint density at radius 3 is 2.54 bits per heavy atom. The molecule has 0 aliphatic carbocycles. The molecule has 1 aromatic rings. The van der Waals surface area contributed by atoms with E-state index in [2.05, 4.69) is 9.55 Å². The molecule has 1 atom stereocenters. The number of imidazole rings is 1. The maximum absolute atomic E-state index is 5.63. The molecule has 13 heavy (non-hydrogen) atoms. The third-order valence-corrected chi connectivity index (χ3v) is 1.75. The Bertz CT molecular complexity index is 223. The first kappa shape index (κ1) is 15.2. The van der Waals surface area contributed by atoms with Gasteiger partial charge in [-0.15, -0.1) is 24.8 Å². The van der Waals surface area contributed by atoms with Crippen LogP contribution in [0.1, 0.15) is 19.2 Å². The molecule has 1 aromatic heterocycles. The summed E-state index contributed by atoms with van der Waals surface area (Å²) < 4.78 is 2.11. The molecule has 0 saturated carbocycles. The van der Waals surface area contributed by atoms with Crippen molar-refractivity contribution in [2.24, 2.45) is 5.73 Å².